The van der Waals surface area contributed by atoms with Gasteiger partial charge in [0.2, 0.25) is 0 Å². The molecule has 0 radical (unpaired) electrons. The summed E-state index contributed by atoms with van der Waals surface area (Å²) in [6, 6.07) is 14.8. The third-order valence-corrected chi connectivity index (χ3v) is 5.98. The van der Waals surface area contributed by atoms with Gasteiger partial charge in [0, 0.05) is 21.5 Å². The Morgan fingerprint density at radius 2 is 2.09 bits per heavy atom. The maximum atomic E-state index is 6.66. The molecular formula is C18H16ClNOS. The molecule has 0 fully saturated rings. The normalized spacial score (nSPS) is 17.5. The molecule has 0 saturated carbocycles. The zero-order valence-corrected chi connectivity index (χ0v) is 13.8. The number of nitrogens with one attached hydrogen (secondary N) is 1. The number of rotatable bonds is 2. The standard InChI is InChI=1S/C18H16ClNOS/c1-21-12-6-7-13-11(10-12)8-9-20-17(13)18-16(19)14-4-2-3-5-15(14)22-18/h2-7,10,17,20H,8-9H2,1H3. The van der Waals surface area contributed by atoms with Crippen LogP contribution in [0.3, 0.4) is 0 Å². The van der Waals surface area contributed by atoms with Gasteiger partial charge >= 0.3 is 0 Å². The van der Waals surface area contributed by atoms with E-state index in [-0.39, 0.29) is 6.04 Å². The lowest BCUT2D eigenvalue weighted by atomic mass is 9.93. The van der Waals surface area contributed by atoms with Crippen molar-refractivity contribution in [3.63, 3.8) is 0 Å². The summed E-state index contributed by atoms with van der Waals surface area (Å²) in [7, 11) is 1.71. The molecule has 0 saturated heterocycles. The van der Waals surface area contributed by atoms with Crippen molar-refractivity contribution in [2.45, 2.75) is 12.5 Å². The Morgan fingerprint density at radius 1 is 1.23 bits per heavy atom. The molecule has 1 aliphatic heterocycles. The Balaban J connectivity index is 1.85. The minimum atomic E-state index is 0.166. The molecule has 0 amide bonds. The van der Waals surface area contributed by atoms with Crippen molar-refractivity contribution < 1.29 is 4.74 Å². The minimum Gasteiger partial charge on any atom is -0.497 e. The number of benzene rings is 2. The van der Waals surface area contributed by atoms with E-state index in [1.165, 1.54) is 20.7 Å². The third kappa shape index (κ3) is 2.21. The highest BCUT2D eigenvalue weighted by atomic mass is 35.5. The summed E-state index contributed by atoms with van der Waals surface area (Å²) < 4.78 is 6.59. The van der Waals surface area contributed by atoms with Crippen molar-refractivity contribution in [2.75, 3.05) is 13.7 Å². The lowest BCUT2D eigenvalue weighted by Crippen LogP contribution is -2.30. The van der Waals surface area contributed by atoms with Crippen molar-refractivity contribution in [2.24, 2.45) is 0 Å². The predicted octanol–water partition coefficient (Wildman–Crippen LogP) is 4.80. The number of halogens is 1. The zero-order chi connectivity index (χ0) is 15.1. The second kappa shape index (κ2) is 5.58. The first-order valence-electron chi connectivity index (χ1n) is 7.35. The molecule has 1 aromatic heterocycles. The van der Waals surface area contributed by atoms with Gasteiger partial charge in [-0.25, -0.2) is 0 Å². The van der Waals surface area contributed by atoms with Gasteiger partial charge in [0.05, 0.1) is 18.2 Å². The summed E-state index contributed by atoms with van der Waals surface area (Å²) >= 11 is 8.44. The van der Waals surface area contributed by atoms with E-state index in [1.807, 2.05) is 12.1 Å². The third-order valence-electron chi connectivity index (χ3n) is 4.23. The maximum absolute atomic E-state index is 6.66. The van der Waals surface area contributed by atoms with Crippen LogP contribution in [0.25, 0.3) is 10.1 Å². The summed E-state index contributed by atoms with van der Waals surface area (Å²) in [6.07, 6.45) is 1.02. The summed E-state index contributed by atoms with van der Waals surface area (Å²) in [4.78, 5) is 1.20. The molecule has 2 aromatic carbocycles. The van der Waals surface area contributed by atoms with Crippen LogP contribution < -0.4 is 10.1 Å². The fourth-order valence-corrected chi connectivity index (χ4v) is 4.76. The lowest BCUT2D eigenvalue weighted by molar-refractivity contribution is 0.413. The molecule has 1 atom stereocenters. The molecule has 3 aromatic rings. The van der Waals surface area contributed by atoms with Gasteiger partial charge in [-0.1, -0.05) is 35.9 Å². The van der Waals surface area contributed by atoms with Gasteiger partial charge in [0.1, 0.15) is 5.75 Å². The molecule has 1 N–H and O–H groups in total. The lowest BCUT2D eigenvalue weighted by Gasteiger charge is -2.27. The molecule has 22 heavy (non-hydrogen) atoms. The summed E-state index contributed by atoms with van der Waals surface area (Å²) in [6.45, 7) is 0.954. The van der Waals surface area contributed by atoms with Crippen LogP contribution in [0.15, 0.2) is 42.5 Å². The van der Waals surface area contributed by atoms with Gasteiger partial charge in [0.15, 0.2) is 0 Å². The monoisotopic (exact) mass is 329 g/mol. The highest BCUT2D eigenvalue weighted by Crippen LogP contribution is 2.42. The van der Waals surface area contributed by atoms with Crippen LogP contribution in [0, 0.1) is 0 Å². The molecule has 0 bridgehead atoms. The van der Waals surface area contributed by atoms with Crippen LogP contribution in [0.5, 0.6) is 5.75 Å². The number of thiophene rings is 1. The first kappa shape index (κ1) is 14.1. The van der Waals surface area contributed by atoms with Gasteiger partial charge < -0.3 is 10.1 Å². The van der Waals surface area contributed by atoms with Gasteiger partial charge in [-0.05, 0) is 35.7 Å². The number of ether oxygens (including phenoxy) is 1. The molecule has 4 rings (SSSR count). The number of hydrogen-bond acceptors (Lipinski definition) is 3. The SMILES string of the molecule is COc1ccc2c(c1)CCNC2c1sc2ccccc2c1Cl. The molecule has 2 heterocycles. The Labute approximate surface area is 138 Å². The van der Waals surface area contributed by atoms with E-state index in [0.29, 0.717) is 0 Å². The van der Waals surface area contributed by atoms with Crippen LogP contribution in [0.4, 0.5) is 0 Å². The molecule has 0 aliphatic carbocycles. The number of hydrogen-bond donors (Lipinski definition) is 1. The zero-order valence-electron chi connectivity index (χ0n) is 12.2. The Morgan fingerprint density at radius 3 is 2.91 bits per heavy atom. The van der Waals surface area contributed by atoms with E-state index in [9.17, 15) is 0 Å². The van der Waals surface area contributed by atoms with Crippen LogP contribution in [0.1, 0.15) is 22.0 Å². The number of fused-ring (bicyclic) bond motifs is 2. The van der Waals surface area contributed by atoms with Crippen LogP contribution in [0.2, 0.25) is 5.02 Å². The van der Waals surface area contributed by atoms with Crippen LogP contribution in [-0.2, 0) is 6.42 Å². The van der Waals surface area contributed by atoms with E-state index >= 15 is 0 Å². The minimum absolute atomic E-state index is 0.166. The van der Waals surface area contributed by atoms with Crippen molar-refractivity contribution in [3.05, 3.63) is 63.5 Å². The first-order valence-corrected chi connectivity index (χ1v) is 8.54. The molecule has 1 aliphatic rings. The van der Waals surface area contributed by atoms with Crippen molar-refractivity contribution in [1.29, 1.82) is 0 Å². The Bertz CT molecular complexity index is 842. The smallest absolute Gasteiger partial charge is 0.119 e. The number of methoxy groups -OCH3 is 1. The van der Waals surface area contributed by atoms with Crippen molar-refractivity contribution in [3.8, 4) is 5.75 Å². The topological polar surface area (TPSA) is 21.3 Å². The van der Waals surface area contributed by atoms with Gasteiger partial charge in [-0.3, -0.25) is 0 Å². The molecule has 2 nitrogen and oxygen atoms in total. The fraction of sp³-hybridized carbons (Fsp3) is 0.222. The van der Waals surface area contributed by atoms with E-state index in [1.54, 1.807) is 18.4 Å². The molecule has 1 unspecified atom stereocenters. The average Bonchev–Trinajstić information content (AvgIpc) is 2.91. The van der Waals surface area contributed by atoms with E-state index in [0.717, 1.165) is 29.1 Å². The molecule has 112 valence electrons. The van der Waals surface area contributed by atoms with Crippen molar-refractivity contribution >= 4 is 33.0 Å². The summed E-state index contributed by atoms with van der Waals surface area (Å²) in [5.41, 5.74) is 2.65. The van der Waals surface area contributed by atoms with E-state index < -0.39 is 0 Å². The average molecular weight is 330 g/mol. The Hall–Kier alpha value is -1.55. The maximum Gasteiger partial charge on any atom is 0.119 e. The fourth-order valence-electron chi connectivity index (χ4n) is 3.12. The second-order valence-corrected chi connectivity index (χ2v) is 6.94. The van der Waals surface area contributed by atoms with Gasteiger partial charge in [-0.15, -0.1) is 11.3 Å². The van der Waals surface area contributed by atoms with E-state index in [4.69, 9.17) is 16.3 Å². The highest BCUT2D eigenvalue weighted by Gasteiger charge is 2.26. The molecule has 4 heteroatoms. The quantitative estimate of drug-likeness (QED) is 0.729. The second-order valence-electron chi connectivity index (χ2n) is 5.48. The predicted molar refractivity (Wildman–Crippen MR) is 93.4 cm³/mol. The molecular weight excluding hydrogens is 314 g/mol. The van der Waals surface area contributed by atoms with Gasteiger partial charge in [-0.2, -0.15) is 0 Å². The summed E-state index contributed by atoms with van der Waals surface area (Å²) in [5, 5.41) is 5.64. The van der Waals surface area contributed by atoms with E-state index in [2.05, 4.69) is 35.6 Å². The Kier molecular flexibility index (Phi) is 3.57. The van der Waals surface area contributed by atoms with Crippen LogP contribution in [-0.4, -0.2) is 13.7 Å². The summed E-state index contributed by atoms with van der Waals surface area (Å²) in [5.74, 6) is 0.918. The largest absolute Gasteiger partial charge is 0.497 e. The van der Waals surface area contributed by atoms with Crippen LogP contribution >= 0.6 is 22.9 Å². The van der Waals surface area contributed by atoms with Crippen molar-refractivity contribution in [1.82, 2.24) is 5.32 Å². The van der Waals surface area contributed by atoms with Gasteiger partial charge in [0.25, 0.3) is 0 Å². The molecule has 0 spiro atoms. The highest BCUT2D eigenvalue weighted by molar-refractivity contribution is 7.19. The first-order chi connectivity index (χ1) is 10.8.